The molecule has 1 aliphatic heterocycles. The highest BCUT2D eigenvalue weighted by atomic mass is 15.0. The minimum Gasteiger partial charge on any atom is -0.256 e. The second kappa shape index (κ2) is 15.6. The van der Waals surface area contributed by atoms with Gasteiger partial charge in [-0.05, 0) is 101 Å². The molecule has 3 heterocycles. The monoisotopic (exact) mass is 641 g/mol. The largest absolute Gasteiger partial charge is 0.256 e. The summed E-state index contributed by atoms with van der Waals surface area (Å²) in [5.41, 5.74) is 13.7. The van der Waals surface area contributed by atoms with Crippen LogP contribution in [-0.2, 0) is 17.4 Å². The highest BCUT2D eigenvalue weighted by Crippen LogP contribution is 2.51. The maximum atomic E-state index is 5.01. The third kappa shape index (κ3) is 7.44. The summed E-state index contributed by atoms with van der Waals surface area (Å²) in [5.74, 6) is 0. The van der Waals surface area contributed by atoms with E-state index in [2.05, 4.69) is 164 Å². The Hall–Kier alpha value is -3.78. The number of aromatic nitrogens is 2. The van der Waals surface area contributed by atoms with Gasteiger partial charge in [-0.25, -0.2) is 0 Å². The summed E-state index contributed by atoms with van der Waals surface area (Å²) in [4.78, 5) is 5.01. The van der Waals surface area contributed by atoms with Gasteiger partial charge in [0, 0.05) is 29.5 Å². The van der Waals surface area contributed by atoms with Crippen LogP contribution in [-0.4, -0.2) is 4.98 Å². The van der Waals surface area contributed by atoms with Crippen molar-refractivity contribution >= 4 is 5.57 Å². The first-order valence-corrected chi connectivity index (χ1v) is 18.5. The highest BCUT2D eigenvalue weighted by molar-refractivity contribution is 5.79. The number of aryl methyl sites for hydroxylation is 1. The van der Waals surface area contributed by atoms with Gasteiger partial charge in [-0.2, -0.15) is 4.57 Å². The molecule has 2 nitrogen and oxygen atoms in total. The van der Waals surface area contributed by atoms with Gasteiger partial charge in [0.15, 0.2) is 12.7 Å². The van der Waals surface area contributed by atoms with E-state index in [1.165, 1.54) is 63.1 Å². The van der Waals surface area contributed by atoms with Gasteiger partial charge in [0.2, 0.25) is 5.69 Å². The van der Waals surface area contributed by atoms with Crippen LogP contribution in [0.3, 0.4) is 0 Å². The van der Waals surface area contributed by atoms with Crippen molar-refractivity contribution in [2.24, 2.45) is 5.41 Å². The van der Waals surface area contributed by atoms with Crippen LogP contribution in [0.4, 0.5) is 0 Å². The number of benzene rings is 2. The molecule has 0 N–H and O–H groups in total. The minimum absolute atomic E-state index is 0.0749. The van der Waals surface area contributed by atoms with E-state index in [1.54, 1.807) is 0 Å². The molecule has 0 saturated heterocycles. The number of hydrogen-bond acceptors (Lipinski definition) is 1. The van der Waals surface area contributed by atoms with Crippen molar-refractivity contribution in [2.45, 2.75) is 126 Å². The molecule has 0 spiro atoms. The fourth-order valence-corrected chi connectivity index (χ4v) is 7.47. The van der Waals surface area contributed by atoms with Gasteiger partial charge in [-0.1, -0.05) is 124 Å². The minimum atomic E-state index is 0.0749. The predicted molar refractivity (Wildman–Crippen MR) is 208 cm³/mol. The molecule has 2 heteroatoms. The molecule has 2 aromatic carbocycles. The second-order valence-electron chi connectivity index (χ2n) is 14.9. The van der Waals surface area contributed by atoms with E-state index in [-0.39, 0.29) is 16.2 Å². The average Bonchev–Trinajstić information content (AvgIpc) is 3.52. The maximum Gasteiger partial charge on any atom is 0.213 e. The number of pyridine rings is 2. The van der Waals surface area contributed by atoms with E-state index in [1.807, 2.05) is 13.8 Å². The van der Waals surface area contributed by atoms with Gasteiger partial charge in [-0.3, -0.25) is 4.98 Å². The van der Waals surface area contributed by atoms with Crippen molar-refractivity contribution in [3.05, 3.63) is 125 Å². The Morgan fingerprint density at radius 1 is 0.792 bits per heavy atom. The first-order chi connectivity index (χ1) is 23.0. The molecule has 0 bridgehead atoms. The lowest BCUT2D eigenvalue weighted by Crippen LogP contribution is -2.40. The quantitative estimate of drug-likeness (QED) is 0.162. The zero-order valence-electron chi connectivity index (χ0n) is 31.9. The van der Waals surface area contributed by atoms with Crippen LogP contribution in [0.15, 0.2) is 97.4 Å². The van der Waals surface area contributed by atoms with Crippen molar-refractivity contribution in [3.63, 3.8) is 0 Å². The Labute approximate surface area is 293 Å². The Bertz CT molecular complexity index is 1730. The Kier molecular flexibility index (Phi) is 12.1. The molecule has 0 fully saturated rings. The van der Waals surface area contributed by atoms with Crippen molar-refractivity contribution in [1.29, 1.82) is 0 Å². The number of rotatable bonds is 7. The van der Waals surface area contributed by atoms with Crippen molar-refractivity contribution < 1.29 is 4.57 Å². The van der Waals surface area contributed by atoms with E-state index >= 15 is 0 Å². The summed E-state index contributed by atoms with van der Waals surface area (Å²) in [6, 6.07) is 24.6. The molecule has 1 aliphatic carbocycles. The summed E-state index contributed by atoms with van der Waals surface area (Å²) in [5, 5.41) is 0. The van der Waals surface area contributed by atoms with Crippen LogP contribution in [0.1, 0.15) is 129 Å². The molecule has 48 heavy (non-hydrogen) atoms. The van der Waals surface area contributed by atoms with Crippen molar-refractivity contribution in [2.75, 3.05) is 0 Å². The smallest absolute Gasteiger partial charge is 0.213 e. The van der Waals surface area contributed by atoms with E-state index < -0.39 is 0 Å². The van der Waals surface area contributed by atoms with Gasteiger partial charge in [-0.15, -0.1) is 0 Å². The Morgan fingerprint density at radius 3 is 2.15 bits per heavy atom. The topological polar surface area (TPSA) is 16.8 Å². The fourth-order valence-electron chi connectivity index (χ4n) is 7.47. The van der Waals surface area contributed by atoms with Gasteiger partial charge in [0.25, 0.3) is 0 Å². The number of fused-ring (bicyclic) bond motifs is 3. The van der Waals surface area contributed by atoms with Crippen molar-refractivity contribution in [3.8, 4) is 22.5 Å². The second-order valence-corrected chi connectivity index (χ2v) is 14.9. The first kappa shape index (κ1) is 37.0. The standard InChI is InChI=1S/C31H43N.C13H12N.C2H6/c1-9-30(7,10-2)31(8,11-3)27-19-17-24(23-15-13-12-14-16-23)21-26(27)28-20-18-25(22-32-28)29(4,5)6;1-10-5-4-6-11-9-14-8-3-2-7-12(14)13(10)11;1-2/h13,15-22H,9-12,14H2,1-8H3;2-8H,9H2,1H3;1-2H3/q;+1;. The molecule has 254 valence electrons. The fraction of sp³-hybridized carbons (Fsp3) is 0.435. The van der Waals surface area contributed by atoms with E-state index in [9.17, 15) is 0 Å². The molecule has 6 rings (SSSR count). The zero-order chi connectivity index (χ0) is 35.1. The lowest BCUT2D eigenvalue weighted by atomic mass is 9.57. The summed E-state index contributed by atoms with van der Waals surface area (Å²) < 4.78 is 2.30. The molecule has 1 atom stereocenters. The van der Waals surface area contributed by atoms with Crippen molar-refractivity contribution in [1.82, 2.24) is 4.98 Å². The van der Waals surface area contributed by atoms with E-state index in [0.29, 0.717) is 0 Å². The van der Waals surface area contributed by atoms with Gasteiger partial charge < -0.3 is 0 Å². The molecule has 4 aromatic rings. The summed E-state index contributed by atoms with van der Waals surface area (Å²) in [6.45, 7) is 25.9. The summed E-state index contributed by atoms with van der Waals surface area (Å²) >= 11 is 0. The van der Waals surface area contributed by atoms with Crippen LogP contribution in [0.2, 0.25) is 0 Å². The third-order valence-corrected chi connectivity index (χ3v) is 11.3. The summed E-state index contributed by atoms with van der Waals surface area (Å²) in [7, 11) is 0. The van der Waals surface area contributed by atoms with E-state index in [4.69, 9.17) is 4.98 Å². The first-order valence-electron chi connectivity index (χ1n) is 18.5. The average molecular weight is 642 g/mol. The molecule has 0 saturated carbocycles. The van der Waals surface area contributed by atoms with Gasteiger partial charge in [0.1, 0.15) is 0 Å². The predicted octanol–water partition coefficient (Wildman–Crippen LogP) is 12.6. The van der Waals surface area contributed by atoms with Crippen LogP contribution >= 0.6 is 0 Å². The molecule has 2 aliphatic rings. The Balaban J connectivity index is 0.000000267. The molecule has 1 unspecified atom stereocenters. The lowest BCUT2D eigenvalue weighted by Gasteiger charge is -2.47. The molecule has 0 radical (unpaired) electrons. The molecule has 0 amide bonds. The molecule has 2 aromatic heterocycles. The highest BCUT2D eigenvalue weighted by Gasteiger charge is 2.43. The number of hydrogen-bond donors (Lipinski definition) is 0. The zero-order valence-corrected chi connectivity index (χ0v) is 31.9. The SMILES string of the molecule is CC.CCC(C)(CC)C(C)(CC)c1ccc(C2=CCCC=C2)cc1-c1ccc(C(C)(C)C)cn1.Cc1cccc2c1-c1cccc[n+]1C2. The van der Waals surface area contributed by atoms with Crippen LogP contribution in [0.5, 0.6) is 0 Å². The van der Waals surface area contributed by atoms with Crippen LogP contribution < -0.4 is 4.57 Å². The molecular formula is C46H61N2+. The molecular weight excluding hydrogens is 581 g/mol. The Morgan fingerprint density at radius 2 is 1.54 bits per heavy atom. The summed E-state index contributed by atoms with van der Waals surface area (Å²) in [6.07, 6.45) is 16.9. The lowest BCUT2D eigenvalue weighted by molar-refractivity contribution is -0.672. The normalized spacial score (nSPS) is 14.8. The number of nitrogens with zero attached hydrogens (tertiary/aromatic N) is 2. The third-order valence-electron chi connectivity index (χ3n) is 11.3. The van der Waals surface area contributed by atoms with E-state index in [0.717, 1.165) is 31.5 Å². The van der Waals surface area contributed by atoms with Crippen LogP contribution in [0, 0.1) is 12.3 Å². The van der Waals surface area contributed by atoms with Gasteiger partial charge >= 0.3 is 0 Å². The van der Waals surface area contributed by atoms with Crippen LogP contribution in [0.25, 0.3) is 28.1 Å². The number of allylic oxidation sites excluding steroid dienone is 4. The maximum absolute atomic E-state index is 5.01. The van der Waals surface area contributed by atoms with Gasteiger partial charge in [0.05, 0.1) is 11.3 Å².